The molecule has 3 amide bonds. The molecule has 0 saturated heterocycles. The van der Waals surface area contributed by atoms with Crippen LogP contribution in [0.2, 0.25) is 0 Å². The number of unbranched alkanes of at least 4 members (excludes halogenated alkanes) is 4. The van der Waals surface area contributed by atoms with Gasteiger partial charge in [-0.15, -0.1) is 0 Å². The molecule has 1 aromatic rings. The van der Waals surface area contributed by atoms with Gasteiger partial charge in [0.25, 0.3) is 0 Å². The number of hydrogen-bond donors (Lipinski definition) is 3. The molecule has 0 heterocycles. The first kappa shape index (κ1) is 48.8. The molecule has 54 heavy (non-hydrogen) atoms. The number of nitrogens with zero attached hydrogens (tertiary/aromatic N) is 2. The molecule has 306 valence electrons. The van der Waals surface area contributed by atoms with E-state index in [1.807, 2.05) is 18.7 Å². The van der Waals surface area contributed by atoms with Gasteiger partial charge in [-0.05, 0) is 68.6 Å². The van der Waals surface area contributed by atoms with Gasteiger partial charge in [-0.25, -0.2) is 8.87 Å². The maximum atomic E-state index is 14.3. The van der Waals surface area contributed by atoms with E-state index in [0.29, 0.717) is 61.4 Å². The Kier molecular flexibility index (Phi) is 21.4. The number of nitrogens with one attached hydrogen (secondary N) is 1. The SMILES string of the molecule is C=C(S/C=C(\C)C(=O)NC(Cc1ccc(N)c(F)c1)CC(C)(C)C(C)=O)C(CC(C(C)C)N(CCCCCC)C(=O)CCCC)OC(=O)[N+](C)(C)CCN. The number of nitrogen functional groups attached to an aromatic ring is 1. The van der Waals surface area contributed by atoms with Crippen molar-refractivity contribution in [1.29, 1.82) is 0 Å². The summed E-state index contributed by atoms with van der Waals surface area (Å²) in [5.74, 6) is -0.749. The van der Waals surface area contributed by atoms with Crippen LogP contribution in [0.5, 0.6) is 0 Å². The average Bonchev–Trinajstić information content (AvgIpc) is 3.09. The van der Waals surface area contributed by atoms with Crippen molar-refractivity contribution in [2.45, 2.75) is 138 Å². The number of ether oxygens (including phenoxy) is 1. The Hall–Kier alpha value is -3.22. The number of anilines is 1. The van der Waals surface area contributed by atoms with Gasteiger partial charge in [-0.2, -0.15) is 4.79 Å². The highest BCUT2D eigenvalue weighted by molar-refractivity contribution is 8.05. The lowest BCUT2D eigenvalue weighted by atomic mass is 9.80. The summed E-state index contributed by atoms with van der Waals surface area (Å²) in [7, 11) is 3.49. The Morgan fingerprint density at radius 2 is 1.72 bits per heavy atom. The van der Waals surface area contributed by atoms with Crippen molar-refractivity contribution < 1.29 is 32.8 Å². The number of amides is 3. The van der Waals surface area contributed by atoms with E-state index in [1.54, 1.807) is 32.5 Å². The fourth-order valence-corrected chi connectivity index (χ4v) is 6.80. The van der Waals surface area contributed by atoms with Gasteiger partial charge in [0, 0.05) is 53.9 Å². The third-order valence-corrected chi connectivity index (χ3v) is 11.1. The number of quaternary nitrogens is 1. The van der Waals surface area contributed by atoms with Crippen LogP contribution in [0, 0.1) is 17.2 Å². The molecule has 10 nitrogen and oxygen atoms in total. The number of thioether (sulfide) groups is 1. The summed E-state index contributed by atoms with van der Waals surface area (Å²) in [6.45, 7) is 20.8. The van der Waals surface area contributed by atoms with Crippen LogP contribution in [0.3, 0.4) is 0 Å². The smallest absolute Gasteiger partial charge is 0.411 e. The number of likely N-dealkylation sites (N-methyl/N-ethyl adjacent to an activating group) is 1. The molecule has 1 aromatic carbocycles. The number of ketones is 1. The van der Waals surface area contributed by atoms with Crippen molar-refractivity contribution in [3.05, 3.63) is 52.0 Å². The normalized spacial score (nSPS) is 14.0. The quantitative estimate of drug-likeness (QED) is 0.0391. The Morgan fingerprint density at radius 1 is 1.07 bits per heavy atom. The summed E-state index contributed by atoms with van der Waals surface area (Å²) < 4.78 is 20.4. The van der Waals surface area contributed by atoms with E-state index < -0.39 is 29.5 Å². The van der Waals surface area contributed by atoms with Crippen molar-refractivity contribution >= 4 is 41.1 Å². The molecule has 5 N–H and O–H groups in total. The van der Waals surface area contributed by atoms with E-state index in [-0.39, 0.29) is 39.7 Å². The molecule has 0 spiro atoms. The highest BCUT2D eigenvalue weighted by Gasteiger charge is 2.36. The van der Waals surface area contributed by atoms with Crippen molar-refractivity contribution in [3.63, 3.8) is 0 Å². The second-order valence-corrected chi connectivity index (χ2v) is 17.1. The van der Waals surface area contributed by atoms with Gasteiger partial charge in [0.05, 0.1) is 19.8 Å². The molecule has 1 rings (SSSR count). The summed E-state index contributed by atoms with van der Waals surface area (Å²) >= 11 is 1.20. The van der Waals surface area contributed by atoms with Crippen LogP contribution in [0.25, 0.3) is 0 Å². The summed E-state index contributed by atoms with van der Waals surface area (Å²) in [5.41, 5.74) is 11.8. The highest BCUT2D eigenvalue weighted by Crippen LogP contribution is 2.31. The number of rotatable bonds is 25. The lowest BCUT2D eigenvalue weighted by molar-refractivity contribution is -0.815. The van der Waals surface area contributed by atoms with Gasteiger partial charge < -0.3 is 26.4 Å². The van der Waals surface area contributed by atoms with Crippen LogP contribution in [-0.4, -0.2) is 85.0 Å². The molecular weight excluding hydrogens is 706 g/mol. The van der Waals surface area contributed by atoms with Crippen molar-refractivity contribution in [2.24, 2.45) is 17.1 Å². The molecule has 0 aliphatic rings. The fraction of sp³-hybridized carbons (Fsp3) is 0.667. The molecule has 0 saturated carbocycles. The Labute approximate surface area is 329 Å². The van der Waals surface area contributed by atoms with E-state index in [0.717, 1.165) is 38.5 Å². The topological polar surface area (TPSA) is 145 Å². The number of halogens is 1. The van der Waals surface area contributed by atoms with E-state index >= 15 is 0 Å². The van der Waals surface area contributed by atoms with Gasteiger partial charge in [-0.1, -0.05) is 91.6 Å². The molecule has 12 heteroatoms. The number of benzene rings is 1. The lowest BCUT2D eigenvalue weighted by Crippen LogP contribution is -2.51. The molecule has 0 fully saturated rings. The van der Waals surface area contributed by atoms with Crippen molar-refractivity contribution in [2.75, 3.05) is 39.5 Å². The Bertz CT molecular complexity index is 1430. The second-order valence-electron chi connectivity index (χ2n) is 16.1. The summed E-state index contributed by atoms with van der Waals surface area (Å²) in [5, 5.41) is 4.72. The summed E-state index contributed by atoms with van der Waals surface area (Å²) in [6, 6.07) is 3.86. The van der Waals surface area contributed by atoms with E-state index in [4.69, 9.17) is 16.2 Å². The monoisotopic (exact) mass is 777 g/mol. The molecule has 0 aliphatic carbocycles. The average molecular weight is 777 g/mol. The molecule has 0 bridgehead atoms. The van der Waals surface area contributed by atoms with E-state index in [9.17, 15) is 23.6 Å². The number of carbonyl (C=O) groups excluding carboxylic acids is 4. The van der Waals surface area contributed by atoms with Crippen LogP contribution < -0.4 is 16.8 Å². The van der Waals surface area contributed by atoms with Gasteiger partial charge in [0.2, 0.25) is 11.8 Å². The van der Waals surface area contributed by atoms with Crippen molar-refractivity contribution in [3.8, 4) is 0 Å². The predicted octanol–water partition coefficient (Wildman–Crippen LogP) is 8.15. The standard InChI is InChI=1S/C42H70FN5O5S/c1-12-14-16-17-22-47(39(50)18-15-13-2)37(29(3)4)26-38(53-41(52)48(10,11)23-21-44)31(6)54-28-30(5)40(51)46-34(27-42(8,9)32(7)49)24-33-19-20-36(45)35(43)25-33/h19-20,25,28-29,34,37-38H,6,12-18,21-24,26-27,44-45H2,1-5,7-11H3/p+1/b30-28+. The minimum absolute atomic E-state index is 0.0236. The maximum absolute atomic E-state index is 14.3. The van der Waals surface area contributed by atoms with E-state index in [2.05, 4.69) is 39.6 Å². The van der Waals surface area contributed by atoms with Crippen LogP contribution in [0.15, 0.2) is 40.7 Å². The molecule has 0 aromatic heterocycles. The van der Waals surface area contributed by atoms with Crippen LogP contribution >= 0.6 is 11.8 Å². The fourth-order valence-electron chi connectivity index (χ4n) is 6.07. The minimum Gasteiger partial charge on any atom is -0.411 e. The summed E-state index contributed by atoms with van der Waals surface area (Å²) in [6.07, 6.45) is 6.04. The first-order valence-electron chi connectivity index (χ1n) is 19.6. The molecule has 3 atom stereocenters. The zero-order valence-electron chi connectivity index (χ0n) is 34.9. The molecular formula is C42H71FN5O5S+. The van der Waals surface area contributed by atoms with Crippen LogP contribution in [-0.2, 0) is 25.5 Å². The van der Waals surface area contributed by atoms with Gasteiger partial charge in [0.1, 0.15) is 24.2 Å². The Morgan fingerprint density at radius 3 is 2.28 bits per heavy atom. The zero-order chi connectivity index (χ0) is 41.2. The van der Waals surface area contributed by atoms with E-state index in [1.165, 1.54) is 30.8 Å². The first-order valence-corrected chi connectivity index (χ1v) is 20.5. The van der Waals surface area contributed by atoms with Gasteiger partial charge in [0.15, 0.2) is 0 Å². The van der Waals surface area contributed by atoms with Gasteiger partial charge in [-0.3, -0.25) is 14.4 Å². The number of Topliss-reactive ketones (excluding diaryl/α,β-unsaturated/α-hetero) is 1. The molecule has 3 unspecified atom stereocenters. The van der Waals surface area contributed by atoms with Crippen LogP contribution in [0.4, 0.5) is 14.9 Å². The highest BCUT2D eigenvalue weighted by atomic mass is 32.2. The third-order valence-electron chi connectivity index (χ3n) is 10.1. The lowest BCUT2D eigenvalue weighted by Gasteiger charge is -2.37. The molecule has 0 radical (unpaired) electrons. The van der Waals surface area contributed by atoms with Crippen molar-refractivity contribution in [1.82, 2.24) is 10.2 Å². The maximum Gasteiger partial charge on any atom is 0.516 e. The summed E-state index contributed by atoms with van der Waals surface area (Å²) in [4.78, 5) is 55.8. The number of nitrogens with two attached hydrogens (primary N) is 2. The third kappa shape index (κ3) is 16.7. The minimum atomic E-state index is -0.765. The van der Waals surface area contributed by atoms with Gasteiger partial charge >= 0.3 is 6.09 Å². The number of hydrogen-bond acceptors (Lipinski definition) is 8. The number of carbonyl (C=O) groups is 4. The second kappa shape index (κ2) is 23.6. The van der Waals surface area contributed by atoms with Crippen LogP contribution in [0.1, 0.15) is 119 Å². The first-order chi connectivity index (χ1) is 25.2. The molecule has 0 aliphatic heterocycles. The largest absolute Gasteiger partial charge is 0.516 e. The zero-order valence-corrected chi connectivity index (χ0v) is 35.7. The predicted molar refractivity (Wildman–Crippen MR) is 221 cm³/mol. The Balaban J connectivity index is 3.42.